The smallest absolute Gasteiger partial charge is 0.222 e. The van der Waals surface area contributed by atoms with Gasteiger partial charge < -0.3 is 16.8 Å². The van der Waals surface area contributed by atoms with Crippen molar-refractivity contribution in [1.82, 2.24) is 9.97 Å². The van der Waals surface area contributed by atoms with Gasteiger partial charge in [0, 0.05) is 22.6 Å². The molecule has 5 N–H and O–H groups in total. The van der Waals surface area contributed by atoms with Crippen molar-refractivity contribution >= 4 is 40.0 Å². The van der Waals surface area contributed by atoms with Crippen molar-refractivity contribution in [2.45, 2.75) is 6.54 Å². The van der Waals surface area contributed by atoms with E-state index < -0.39 is 0 Å². The number of rotatable bonds is 3. The van der Waals surface area contributed by atoms with Gasteiger partial charge in [0.05, 0.1) is 5.52 Å². The van der Waals surface area contributed by atoms with Crippen LogP contribution in [0.3, 0.4) is 0 Å². The number of anilines is 3. The number of nitrogens with zero attached hydrogens (tertiary/aromatic N) is 2. The van der Waals surface area contributed by atoms with Gasteiger partial charge in [-0.3, -0.25) is 0 Å². The molecule has 0 aliphatic heterocycles. The second kappa shape index (κ2) is 5.46. The van der Waals surface area contributed by atoms with Crippen molar-refractivity contribution in [3.8, 4) is 0 Å². The standard InChI is InChI=1S/C15H14ClN5/c16-10-3-1-2-9(6-10)8-19-11-4-5-13-12(7-11)14(17)21-15(18)20-13/h1-7,19H,8H2,(H4,17,18,20,21). The van der Waals surface area contributed by atoms with E-state index in [-0.39, 0.29) is 5.95 Å². The Balaban J connectivity index is 1.85. The number of nitrogens with one attached hydrogen (secondary N) is 1. The second-order valence-corrected chi connectivity index (χ2v) is 5.12. The van der Waals surface area contributed by atoms with Crippen LogP contribution < -0.4 is 16.8 Å². The zero-order chi connectivity index (χ0) is 14.8. The highest BCUT2D eigenvalue weighted by Gasteiger charge is 2.04. The van der Waals surface area contributed by atoms with Crippen molar-refractivity contribution in [2.24, 2.45) is 0 Å². The zero-order valence-corrected chi connectivity index (χ0v) is 11.9. The molecule has 0 bridgehead atoms. The number of benzene rings is 2. The van der Waals surface area contributed by atoms with Gasteiger partial charge in [-0.05, 0) is 35.9 Å². The predicted molar refractivity (Wildman–Crippen MR) is 87.1 cm³/mol. The molecule has 21 heavy (non-hydrogen) atoms. The molecule has 3 rings (SSSR count). The molecule has 0 aliphatic rings. The summed E-state index contributed by atoms with van der Waals surface area (Å²) in [5, 5.41) is 4.82. The minimum Gasteiger partial charge on any atom is -0.383 e. The average Bonchev–Trinajstić information content (AvgIpc) is 2.45. The van der Waals surface area contributed by atoms with E-state index >= 15 is 0 Å². The summed E-state index contributed by atoms with van der Waals surface area (Å²) in [5.41, 5.74) is 14.2. The van der Waals surface area contributed by atoms with Crippen molar-refractivity contribution in [2.75, 3.05) is 16.8 Å². The predicted octanol–water partition coefficient (Wildman–Crippen LogP) is 3.06. The number of hydrogen-bond acceptors (Lipinski definition) is 5. The highest BCUT2D eigenvalue weighted by molar-refractivity contribution is 6.30. The van der Waals surface area contributed by atoms with Gasteiger partial charge in [-0.1, -0.05) is 23.7 Å². The van der Waals surface area contributed by atoms with Crippen LogP contribution >= 0.6 is 11.6 Å². The molecule has 2 aromatic carbocycles. The summed E-state index contributed by atoms with van der Waals surface area (Å²) in [6.07, 6.45) is 0. The maximum Gasteiger partial charge on any atom is 0.222 e. The fourth-order valence-corrected chi connectivity index (χ4v) is 2.34. The van der Waals surface area contributed by atoms with Crippen LogP contribution in [0.5, 0.6) is 0 Å². The molecule has 106 valence electrons. The maximum absolute atomic E-state index is 5.97. The van der Waals surface area contributed by atoms with Crippen molar-refractivity contribution in [1.29, 1.82) is 0 Å². The zero-order valence-electron chi connectivity index (χ0n) is 11.2. The monoisotopic (exact) mass is 299 g/mol. The Bertz CT molecular complexity index is 803. The minimum atomic E-state index is 0.180. The van der Waals surface area contributed by atoms with Crippen LogP contribution in [0.2, 0.25) is 5.02 Å². The summed E-state index contributed by atoms with van der Waals surface area (Å²) in [6, 6.07) is 13.4. The molecule has 0 atom stereocenters. The van der Waals surface area contributed by atoms with Crippen LogP contribution in [0, 0.1) is 0 Å². The third-order valence-electron chi connectivity index (χ3n) is 3.13. The van der Waals surface area contributed by atoms with Gasteiger partial charge in [0.25, 0.3) is 0 Å². The average molecular weight is 300 g/mol. The van der Waals surface area contributed by atoms with E-state index in [1.165, 1.54) is 0 Å². The quantitative estimate of drug-likeness (QED) is 0.691. The lowest BCUT2D eigenvalue weighted by Gasteiger charge is -2.09. The van der Waals surface area contributed by atoms with Crippen molar-refractivity contribution < 1.29 is 0 Å². The van der Waals surface area contributed by atoms with Crippen LogP contribution in [0.25, 0.3) is 10.9 Å². The van der Waals surface area contributed by atoms with Gasteiger partial charge in [-0.2, -0.15) is 4.98 Å². The van der Waals surface area contributed by atoms with E-state index in [0.29, 0.717) is 12.4 Å². The number of nitrogen functional groups attached to an aromatic ring is 2. The normalized spacial score (nSPS) is 10.7. The van der Waals surface area contributed by atoms with Gasteiger partial charge in [0.1, 0.15) is 5.82 Å². The first-order chi connectivity index (χ1) is 10.1. The first-order valence-electron chi connectivity index (χ1n) is 6.43. The summed E-state index contributed by atoms with van der Waals surface area (Å²) in [5.74, 6) is 0.559. The van der Waals surface area contributed by atoms with Crippen molar-refractivity contribution in [3.05, 3.63) is 53.1 Å². The lowest BCUT2D eigenvalue weighted by Crippen LogP contribution is -2.02. The Morgan fingerprint density at radius 2 is 1.90 bits per heavy atom. The fourth-order valence-electron chi connectivity index (χ4n) is 2.13. The topological polar surface area (TPSA) is 89.8 Å². The molecule has 0 saturated heterocycles. The third kappa shape index (κ3) is 2.98. The number of hydrogen-bond donors (Lipinski definition) is 3. The van der Waals surface area contributed by atoms with Gasteiger partial charge in [-0.15, -0.1) is 0 Å². The van der Waals surface area contributed by atoms with E-state index in [9.17, 15) is 0 Å². The fraction of sp³-hybridized carbons (Fsp3) is 0.0667. The molecule has 1 aromatic heterocycles. The molecular weight excluding hydrogens is 286 g/mol. The molecular formula is C15H14ClN5. The Kier molecular flexibility index (Phi) is 3.50. The second-order valence-electron chi connectivity index (χ2n) is 4.68. The SMILES string of the molecule is Nc1nc(N)c2cc(NCc3cccc(Cl)c3)ccc2n1. The number of nitrogens with two attached hydrogens (primary N) is 2. The minimum absolute atomic E-state index is 0.180. The van der Waals surface area contributed by atoms with Gasteiger partial charge in [0.15, 0.2) is 0 Å². The summed E-state index contributed by atoms with van der Waals surface area (Å²) < 4.78 is 0. The molecule has 0 fully saturated rings. The van der Waals surface area contributed by atoms with E-state index in [2.05, 4.69) is 15.3 Å². The first-order valence-corrected chi connectivity index (χ1v) is 6.81. The molecule has 1 heterocycles. The number of halogens is 1. The lowest BCUT2D eigenvalue weighted by atomic mass is 10.2. The van der Waals surface area contributed by atoms with Crippen LogP contribution in [0.15, 0.2) is 42.5 Å². The van der Waals surface area contributed by atoms with Crippen molar-refractivity contribution in [3.63, 3.8) is 0 Å². The number of aromatic nitrogens is 2. The third-order valence-corrected chi connectivity index (χ3v) is 3.36. The van der Waals surface area contributed by atoms with Crippen LogP contribution in [-0.4, -0.2) is 9.97 Å². The van der Waals surface area contributed by atoms with E-state index in [1.54, 1.807) is 0 Å². The summed E-state index contributed by atoms with van der Waals surface area (Å²) >= 11 is 5.97. The molecule has 0 saturated carbocycles. The summed E-state index contributed by atoms with van der Waals surface area (Å²) in [4.78, 5) is 8.12. The van der Waals surface area contributed by atoms with Crippen LogP contribution in [-0.2, 0) is 6.54 Å². The highest BCUT2D eigenvalue weighted by Crippen LogP contribution is 2.23. The maximum atomic E-state index is 5.97. The van der Waals surface area contributed by atoms with Gasteiger partial charge >= 0.3 is 0 Å². The lowest BCUT2D eigenvalue weighted by molar-refractivity contribution is 1.15. The molecule has 6 heteroatoms. The molecule has 5 nitrogen and oxygen atoms in total. The first kappa shape index (κ1) is 13.5. The van der Waals surface area contributed by atoms with Gasteiger partial charge in [0.2, 0.25) is 5.95 Å². The molecule has 0 amide bonds. The Labute approximate surface area is 127 Å². The largest absolute Gasteiger partial charge is 0.383 e. The van der Waals surface area contributed by atoms with Crippen LogP contribution in [0.1, 0.15) is 5.56 Å². The van der Waals surface area contributed by atoms with E-state index in [4.69, 9.17) is 23.1 Å². The molecule has 3 aromatic rings. The summed E-state index contributed by atoms with van der Waals surface area (Å²) in [6.45, 7) is 0.668. The highest BCUT2D eigenvalue weighted by atomic mass is 35.5. The molecule has 0 spiro atoms. The molecule has 0 unspecified atom stereocenters. The van der Waals surface area contributed by atoms with E-state index in [1.807, 2.05) is 42.5 Å². The van der Waals surface area contributed by atoms with Gasteiger partial charge in [-0.25, -0.2) is 4.98 Å². The Morgan fingerprint density at radius 3 is 2.71 bits per heavy atom. The Hall–Kier alpha value is -2.53. The molecule has 0 radical (unpaired) electrons. The summed E-state index contributed by atoms with van der Waals surface area (Å²) in [7, 11) is 0. The molecule has 0 aliphatic carbocycles. The Morgan fingerprint density at radius 1 is 1.05 bits per heavy atom. The van der Waals surface area contributed by atoms with E-state index in [0.717, 1.165) is 27.2 Å². The van der Waals surface area contributed by atoms with Crippen LogP contribution in [0.4, 0.5) is 17.5 Å². The number of fused-ring (bicyclic) bond motifs is 1.